The van der Waals surface area contributed by atoms with E-state index in [1.807, 2.05) is 24.3 Å². The van der Waals surface area contributed by atoms with Crippen molar-refractivity contribution < 1.29 is 24.2 Å². The van der Waals surface area contributed by atoms with Gasteiger partial charge in [-0.3, -0.25) is 4.79 Å². The summed E-state index contributed by atoms with van der Waals surface area (Å²) in [4.78, 5) is 24.2. The third kappa shape index (κ3) is 5.87. The lowest BCUT2D eigenvalue weighted by atomic mass is 10.0. The van der Waals surface area contributed by atoms with E-state index >= 15 is 0 Å². The molecule has 2 N–H and O–H groups in total. The first-order valence-electron chi connectivity index (χ1n) is 8.96. The lowest BCUT2D eigenvalue weighted by Gasteiger charge is -2.13. The Morgan fingerprint density at radius 2 is 1.75 bits per heavy atom. The van der Waals surface area contributed by atoms with Gasteiger partial charge in [-0.2, -0.15) is 0 Å². The molecule has 28 heavy (non-hydrogen) atoms. The van der Waals surface area contributed by atoms with Crippen LogP contribution in [0, 0.1) is 0 Å². The van der Waals surface area contributed by atoms with E-state index in [9.17, 15) is 14.7 Å². The van der Waals surface area contributed by atoms with Gasteiger partial charge in [0.15, 0.2) is 17.6 Å². The lowest BCUT2D eigenvalue weighted by Crippen LogP contribution is -2.29. The summed E-state index contributed by atoms with van der Waals surface area (Å²) >= 11 is 0. The van der Waals surface area contributed by atoms with Crippen LogP contribution in [0.5, 0.6) is 11.5 Å². The van der Waals surface area contributed by atoms with Gasteiger partial charge in [-0.25, -0.2) is 4.79 Å². The molecule has 0 saturated carbocycles. The Balaban J connectivity index is 1.91. The number of nitrogens with one attached hydrogen (secondary N) is 1. The normalized spacial score (nSPS) is 12.0. The van der Waals surface area contributed by atoms with Crippen LogP contribution < -0.4 is 10.1 Å². The maximum Gasteiger partial charge on any atom is 0.331 e. The molecule has 2 rings (SSSR count). The third-order valence-electron chi connectivity index (χ3n) is 4.12. The summed E-state index contributed by atoms with van der Waals surface area (Å²) in [6, 6.07) is 12.2. The highest BCUT2D eigenvalue weighted by atomic mass is 16.5. The van der Waals surface area contributed by atoms with Crippen LogP contribution in [-0.2, 0) is 14.3 Å². The minimum Gasteiger partial charge on any atom is -0.504 e. The average Bonchev–Trinajstić information content (AvgIpc) is 2.67. The molecule has 0 radical (unpaired) electrons. The van der Waals surface area contributed by atoms with Gasteiger partial charge in [-0.15, -0.1) is 0 Å². The number of methoxy groups -OCH3 is 1. The molecule has 0 heterocycles. The van der Waals surface area contributed by atoms with Crippen molar-refractivity contribution in [2.75, 3.05) is 12.4 Å². The number of anilines is 1. The molecule has 1 atom stereocenters. The molecule has 0 unspecified atom stereocenters. The number of rotatable bonds is 7. The van der Waals surface area contributed by atoms with Crippen molar-refractivity contribution in [3.63, 3.8) is 0 Å². The zero-order chi connectivity index (χ0) is 20.7. The van der Waals surface area contributed by atoms with Crippen molar-refractivity contribution in [3.05, 3.63) is 59.7 Å². The zero-order valence-electron chi connectivity index (χ0n) is 16.4. The Morgan fingerprint density at radius 3 is 2.36 bits per heavy atom. The molecule has 0 bridgehead atoms. The summed E-state index contributed by atoms with van der Waals surface area (Å²) < 4.78 is 10.1. The minimum atomic E-state index is -0.948. The van der Waals surface area contributed by atoms with Gasteiger partial charge in [0.2, 0.25) is 0 Å². The number of ether oxygens (including phenoxy) is 2. The van der Waals surface area contributed by atoms with E-state index < -0.39 is 18.0 Å². The number of aromatic hydroxyl groups is 1. The lowest BCUT2D eigenvalue weighted by molar-refractivity contribution is -0.148. The molecule has 6 nitrogen and oxygen atoms in total. The molecule has 0 fully saturated rings. The number of hydrogen-bond donors (Lipinski definition) is 2. The Morgan fingerprint density at radius 1 is 1.07 bits per heavy atom. The summed E-state index contributed by atoms with van der Waals surface area (Å²) in [5.41, 5.74) is 2.46. The van der Waals surface area contributed by atoms with E-state index in [1.165, 1.54) is 37.8 Å². The molecule has 1 amide bonds. The number of phenolic OH excluding ortho intramolecular Hbond substituents is 1. The van der Waals surface area contributed by atoms with Crippen molar-refractivity contribution in [2.24, 2.45) is 0 Å². The van der Waals surface area contributed by atoms with Crippen LogP contribution in [0.3, 0.4) is 0 Å². The van der Waals surface area contributed by atoms with Crippen LogP contribution in [0.25, 0.3) is 6.08 Å². The zero-order valence-corrected chi connectivity index (χ0v) is 16.4. The number of benzene rings is 2. The average molecular weight is 383 g/mol. The van der Waals surface area contributed by atoms with Gasteiger partial charge >= 0.3 is 5.97 Å². The van der Waals surface area contributed by atoms with Crippen LogP contribution in [0.4, 0.5) is 5.69 Å². The Hall–Kier alpha value is -3.28. The molecule has 2 aromatic rings. The maximum atomic E-state index is 12.2. The summed E-state index contributed by atoms with van der Waals surface area (Å²) in [5.74, 6) is -0.346. The number of carbonyl (C=O) groups excluding carboxylic acids is 2. The molecule has 0 aromatic heterocycles. The quantitative estimate of drug-likeness (QED) is 0.555. The summed E-state index contributed by atoms with van der Waals surface area (Å²) in [6.45, 7) is 5.70. The fourth-order valence-corrected chi connectivity index (χ4v) is 2.42. The molecular formula is C22H25NO5. The molecule has 0 aliphatic heterocycles. The fraction of sp³-hybridized carbons (Fsp3) is 0.273. The second-order valence-electron chi connectivity index (χ2n) is 6.61. The number of phenols is 1. The highest BCUT2D eigenvalue weighted by Crippen LogP contribution is 2.26. The SMILES string of the molecule is COc1cc(/C=C\C(=O)O[C@H](C)C(=O)Nc2ccc(C(C)C)cc2)ccc1O. The van der Waals surface area contributed by atoms with E-state index in [4.69, 9.17) is 9.47 Å². The van der Waals surface area contributed by atoms with Crippen LogP contribution in [0.1, 0.15) is 37.8 Å². The van der Waals surface area contributed by atoms with Crippen LogP contribution >= 0.6 is 0 Å². The predicted octanol–water partition coefficient (Wildman–Crippen LogP) is 4.11. The van der Waals surface area contributed by atoms with Gasteiger partial charge in [0, 0.05) is 11.8 Å². The first kappa shape index (κ1) is 21.0. The first-order chi connectivity index (χ1) is 13.3. The number of amides is 1. The van der Waals surface area contributed by atoms with E-state index in [0.29, 0.717) is 22.9 Å². The standard InChI is InChI=1S/C22H25NO5/c1-14(2)17-7-9-18(10-8-17)23-22(26)15(3)28-21(25)12-6-16-5-11-19(24)20(13-16)27-4/h5-15,24H,1-4H3,(H,23,26)/b12-6-/t15-/m1/s1. The van der Waals surface area contributed by atoms with E-state index in [-0.39, 0.29) is 5.75 Å². The van der Waals surface area contributed by atoms with Crippen molar-refractivity contribution in [1.82, 2.24) is 0 Å². The largest absolute Gasteiger partial charge is 0.504 e. The molecule has 0 aliphatic rings. The fourth-order valence-electron chi connectivity index (χ4n) is 2.42. The monoisotopic (exact) mass is 383 g/mol. The number of hydrogen-bond acceptors (Lipinski definition) is 5. The van der Waals surface area contributed by atoms with Gasteiger partial charge in [0.25, 0.3) is 5.91 Å². The smallest absolute Gasteiger partial charge is 0.331 e. The molecule has 0 spiro atoms. The second kappa shape index (κ2) is 9.60. The van der Waals surface area contributed by atoms with Crippen LogP contribution in [0.15, 0.2) is 48.5 Å². The van der Waals surface area contributed by atoms with E-state index in [1.54, 1.807) is 12.1 Å². The van der Waals surface area contributed by atoms with Crippen molar-refractivity contribution in [2.45, 2.75) is 32.8 Å². The molecular weight excluding hydrogens is 358 g/mol. The highest BCUT2D eigenvalue weighted by Gasteiger charge is 2.16. The van der Waals surface area contributed by atoms with Crippen LogP contribution in [0.2, 0.25) is 0 Å². The minimum absolute atomic E-state index is 0.00828. The summed E-state index contributed by atoms with van der Waals surface area (Å²) in [5, 5.41) is 12.3. The van der Waals surface area contributed by atoms with Gasteiger partial charge < -0.3 is 19.9 Å². The Labute approximate surface area is 164 Å². The van der Waals surface area contributed by atoms with Gasteiger partial charge in [0.1, 0.15) is 0 Å². The second-order valence-corrected chi connectivity index (χ2v) is 6.61. The predicted molar refractivity (Wildman–Crippen MR) is 108 cm³/mol. The first-order valence-corrected chi connectivity index (χ1v) is 8.96. The Kier molecular flexibility index (Phi) is 7.21. The van der Waals surface area contributed by atoms with Crippen molar-refractivity contribution >= 4 is 23.6 Å². The van der Waals surface area contributed by atoms with E-state index in [0.717, 1.165) is 0 Å². The molecule has 148 valence electrons. The maximum absolute atomic E-state index is 12.2. The van der Waals surface area contributed by atoms with Gasteiger partial charge in [-0.05, 0) is 54.3 Å². The van der Waals surface area contributed by atoms with Crippen LogP contribution in [-0.4, -0.2) is 30.2 Å². The molecule has 0 saturated heterocycles. The highest BCUT2D eigenvalue weighted by molar-refractivity contribution is 5.96. The molecule has 2 aromatic carbocycles. The Bertz CT molecular complexity index is 856. The third-order valence-corrected chi connectivity index (χ3v) is 4.12. The van der Waals surface area contributed by atoms with Gasteiger partial charge in [0.05, 0.1) is 7.11 Å². The summed E-state index contributed by atoms with van der Waals surface area (Å²) in [7, 11) is 1.44. The van der Waals surface area contributed by atoms with E-state index in [2.05, 4.69) is 19.2 Å². The van der Waals surface area contributed by atoms with Crippen molar-refractivity contribution in [1.29, 1.82) is 0 Å². The topological polar surface area (TPSA) is 84.9 Å². The number of esters is 1. The number of carbonyl (C=O) groups is 2. The molecule has 0 aliphatic carbocycles. The van der Waals surface area contributed by atoms with Crippen molar-refractivity contribution in [3.8, 4) is 11.5 Å². The van der Waals surface area contributed by atoms with Gasteiger partial charge in [-0.1, -0.05) is 32.0 Å². The molecule has 6 heteroatoms. The summed E-state index contributed by atoms with van der Waals surface area (Å²) in [6.07, 6.45) is 1.78.